The van der Waals surface area contributed by atoms with Gasteiger partial charge in [-0.25, -0.2) is 13.8 Å². The van der Waals surface area contributed by atoms with Crippen molar-refractivity contribution in [2.75, 3.05) is 39.8 Å². The van der Waals surface area contributed by atoms with Crippen molar-refractivity contribution >= 4 is 38.1 Å². The first-order valence-corrected chi connectivity index (χ1v) is 11.8. The molecule has 2 aromatic rings. The van der Waals surface area contributed by atoms with E-state index < -0.39 is 10.0 Å². The van der Waals surface area contributed by atoms with Gasteiger partial charge in [-0.15, -0.1) is 0 Å². The number of piperazine rings is 1. The Morgan fingerprint density at radius 2 is 1.94 bits per heavy atom. The van der Waals surface area contributed by atoms with Gasteiger partial charge >= 0.3 is 0 Å². The quantitative estimate of drug-likeness (QED) is 0.363. The van der Waals surface area contributed by atoms with Gasteiger partial charge in [-0.05, 0) is 48.0 Å². The number of phenols is 1. The highest BCUT2D eigenvalue weighted by Crippen LogP contribution is 2.25. The topological polar surface area (TPSA) is 113 Å². The number of halogens is 1. The summed E-state index contributed by atoms with van der Waals surface area (Å²) in [4.78, 5) is 13.4. The first kappa shape index (κ1) is 23.2. The van der Waals surface area contributed by atoms with Crippen LogP contribution in [0.1, 0.15) is 5.56 Å². The van der Waals surface area contributed by atoms with E-state index in [9.17, 15) is 18.3 Å². The van der Waals surface area contributed by atoms with Crippen molar-refractivity contribution in [2.45, 2.75) is 4.90 Å². The molecule has 0 saturated carbocycles. The van der Waals surface area contributed by atoms with Gasteiger partial charge in [0, 0.05) is 4.47 Å². The number of ether oxygens (including phenoxy) is 1. The molecule has 0 aliphatic carbocycles. The maximum atomic E-state index is 12.7. The number of phenolic OH excluding ortho intramolecular Hbond substituents is 1. The summed E-state index contributed by atoms with van der Waals surface area (Å²) in [5.41, 5.74) is 3.13. The summed E-state index contributed by atoms with van der Waals surface area (Å²) in [6.45, 7) is 1.95. The van der Waals surface area contributed by atoms with E-state index in [4.69, 9.17) is 4.74 Å². The number of carbonyl (C=O) groups is 1. The average molecular weight is 512 g/mol. The predicted molar refractivity (Wildman–Crippen MR) is 119 cm³/mol. The minimum Gasteiger partial charge on any atom is -0.504 e. The molecule has 0 aromatic heterocycles. The Morgan fingerprint density at radius 1 is 1.26 bits per heavy atom. The summed E-state index contributed by atoms with van der Waals surface area (Å²) >= 11 is 3.30. The zero-order valence-electron chi connectivity index (χ0n) is 16.9. The Balaban J connectivity index is 1.48. The van der Waals surface area contributed by atoms with E-state index in [0.717, 1.165) is 9.37 Å². The van der Waals surface area contributed by atoms with Crippen LogP contribution in [0.15, 0.2) is 56.9 Å². The van der Waals surface area contributed by atoms with Gasteiger partial charge in [-0.1, -0.05) is 15.9 Å². The van der Waals surface area contributed by atoms with E-state index in [1.165, 1.54) is 23.7 Å². The van der Waals surface area contributed by atoms with Crippen LogP contribution in [0.4, 0.5) is 0 Å². The van der Waals surface area contributed by atoms with E-state index in [1.54, 1.807) is 36.4 Å². The first-order valence-electron chi connectivity index (χ1n) is 9.58. The highest BCUT2D eigenvalue weighted by molar-refractivity contribution is 9.10. The number of quaternary nitrogens is 1. The standard InChI is InChI=1S/C20H23BrN4O5S/c1-30-19-12-15(2-7-18(19)26)13-22-23-20(27)14-24-8-10-25(11-9-24)31(28,29)17-5-3-16(21)4-6-17/h2-7,12-13,26H,8-11,14H2,1H3,(H,23,27)/p+1. The average Bonchev–Trinajstić information content (AvgIpc) is 2.75. The van der Waals surface area contributed by atoms with Crippen LogP contribution in [0.25, 0.3) is 0 Å². The summed E-state index contributed by atoms with van der Waals surface area (Å²) in [5, 5.41) is 13.5. The summed E-state index contributed by atoms with van der Waals surface area (Å²) in [6, 6.07) is 11.3. The third-order valence-corrected chi connectivity index (χ3v) is 7.34. The molecule has 0 spiro atoms. The first-order chi connectivity index (χ1) is 14.8. The number of hydrazone groups is 1. The Kier molecular flexibility index (Phi) is 7.65. The van der Waals surface area contributed by atoms with Crippen molar-refractivity contribution in [3.05, 3.63) is 52.5 Å². The van der Waals surface area contributed by atoms with Gasteiger partial charge in [-0.2, -0.15) is 9.41 Å². The van der Waals surface area contributed by atoms with E-state index >= 15 is 0 Å². The Hall–Kier alpha value is -2.47. The fourth-order valence-corrected chi connectivity index (χ4v) is 4.90. The molecule has 3 N–H and O–H groups in total. The zero-order chi connectivity index (χ0) is 22.4. The SMILES string of the molecule is COc1cc(C=NNC(=O)C[NH+]2CCN(S(=O)(=O)c3ccc(Br)cc3)CC2)ccc1O. The molecule has 2 aromatic carbocycles. The van der Waals surface area contributed by atoms with Crippen LogP contribution in [-0.4, -0.2) is 69.8 Å². The smallest absolute Gasteiger partial charge is 0.295 e. The van der Waals surface area contributed by atoms with Gasteiger partial charge in [-0.3, -0.25) is 4.79 Å². The molecule has 0 unspecified atom stereocenters. The molecule has 0 radical (unpaired) electrons. The number of nitrogens with zero attached hydrogens (tertiary/aromatic N) is 2. The zero-order valence-corrected chi connectivity index (χ0v) is 19.3. The molecule has 9 nitrogen and oxygen atoms in total. The minimum absolute atomic E-state index is 0.0218. The second-order valence-electron chi connectivity index (χ2n) is 7.01. The molecule has 0 atom stereocenters. The van der Waals surface area contributed by atoms with Crippen LogP contribution in [0.3, 0.4) is 0 Å². The number of sulfonamides is 1. The molecule has 3 rings (SSSR count). The minimum atomic E-state index is -3.54. The number of methoxy groups -OCH3 is 1. The maximum absolute atomic E-state index is 12.7. The molecule has 1 fully saturated rings. The largest absolute Gasteiger partial charge is 0.504 e. The van der Waals surface area contributed by atoms with Crippen molar-refractivity contribution in [3.63, 3.8) is 0 Å². The van der Waals surface area contributed by atoms with E-state index in [2.05, 4.69) is 26.5 Å². The molecule has 11 heteroatoms. The summed E-state index contributed by atoms with van der Waals surface area (Å²) in [6.07, 6.45) is 1.46. The van der Waals surface area contributed by atoms with Gasteiger partial charge < -0.3 is 14.7 Å². The Morgan fingerprint density at radius 3 is 2.58 bits per heavy atom. The van der Waals surface area contributed by atoms with Crippen LogP contribution >= 0.6 is 15.9 Å². The number of carbonyl (C=O) groups excluding carboxylic acids is 1. The number of hydrogen-bond donors (Lipinski definition) is 3. The molecule has 1 heterocycles. The van der Waals surface area contributed by atoms with Gasteiger partial charge in [0.05, 0.1) is 44.4 Å². The number of amides is 1. The van der Waals surface area contributed by atoms with Crippen molar-refractivity contribution in [2.24, 2.45) is 5.10 Å². The third kappa shape index (κ3) is 6.03. The van der Waals surface area contributed by atoms with Crippen LogP contribution in [-0.2, 0) is 14.8 Å². The van der Waals surface area contributed by atoms with Crippen molar-refractivity contribution < 1.29 is 28.0 Å². The van der Waals surface area contributed by atoms with Crippen molar-refractivity contribution in [1.82, 2.24) is 9.73 Å². The molecule has 0 bridgehead atoms. The molecule has 1 amide bonds. The van der Waals surface area contributed by atoms with E-state index in [-0.39, 0.29) is 23.1 Å². The summed E-state index contributed by atoms with van der Waals surface area (Å²) in [5.74, 6) is 0.0745. The molecular weight excluding hydrogens is 488 g/mol. The normalized spacial score (nSPS) is 15.8. The van der Waals surface area contributed by atoms with Crippen LogP contribution in [0.2, 0.25) is 0 Å². The third-order valence-electron chi connectivity index (χ3n) is 4.90. The van der Waals surface area contributed by atoms with Gasteiger partial charge in [0.15, 0.2) is 18.0 Å². The number of nitrogens with one attached hydrogen (secondary N) is 2. The maximum Gasteiger partial charge on any atom is 0.295 e. The summed E-state index contributed by atoms with van der Waals surface area (Å²) < 4.78 is 32.8. The van der Waals surface area contributed by atoms with Crippen LogP contribution in [0, 0.1) is 0 Å². The predicted octanol–water partition coefficient (Wildman–Crippen LogP) is 0.203. The fraction of sp³-hybridized carbons (Fsp3) is 0.300. The number of benzene rings is 2. The van der Waals surface area contributed by atoms with Crippen LogP contribution < -0.4 is 15.1 Å². The lowest BCUT2D eigenvalue weighted by atomic mass is 10.2. The van der Waals surface area contributed by atoms with Crippen molar-refractivity contribution in [1.29, 1.82) is 0 Å². The van der Waals surface area contributed by atoms with Gasteiger partial charge in [0.2, 0.25) is 10.0 Å². The van der Waals surface area contributed by atoms with Crippen LogP contribution in [0.5, 0.6) is 11.5 Å². The fourth-order valence-electron chi connectivity index (χ4n) is 3.20. The molecule has 1 aliphatic rings. The second kappa shape index (κ2) is 10.2. The van der Waals surface area contributed by atoms with Gasteiger partial charge in [0.1, 0.15) is 0 Å². The van der Waals surface area contributed by atoms with Crippen molar-refractivity contribution in [3.8, 4) is 11.5 Å². The lowest BCUT2D eigenvalue weighted by molar-refractivity contribution is -0.895. The monoisotopic (exact) mass is 511 g/mol. The molecule has 31 heavy (non-hydrogen) atoms. The van der Waals surface area contributed by atoms with Gasteiger partial charge in [0.25, 0.3) is 5.91 Å². The number of aromatic hydroxyl groups is 1. The van der Waals surface area contributed by atoms with E-state index in [1.807, 2.05) is 0 Å². The van der Waals surface area contributed by atoms with E-state index in [0.29, 0.717) is 37.5 Å². The highest BCUT2D eigenvalue weighted by Gasteiger charge is 2.31. The molecule has 1 aliphatic heterocycles. The molecular formula is C20H24BrN4O5S+. The lowest BCUT2D eigenvalue weighted by Gasteiger charge is -2.31. The highest BCUT2D eigenvalue weighted by atomic mass is 79.9. The number of hydrogen-bond acceptors (Lipinski definition) is 6. The molecule has 1 saturated heterocycles. The molecule has 166 valence electrons. The second-order valence-corrected chi connectivity index (χ2v) is 9.86. The summed E-state index contributed by atoms with van der Waals surface area (Å²) in [7, 11) is -2.09. The Bertz CT molecular complexity index is 1050. The Labute approximate surface area is 189 Å². The lowest BCUT2D eigenvalue weighted by Crippen LogP contribution is -3.15. The number of rotatable bonds is 7.